The van der Waals surface area contributed by atoms with Crippen LogP contribution in [0.5, 0.6) is 0 Å². The van der Waals surface area contributed by atoms with E-state index in [2.05, 4.69) is 0 Å². The van der Waals surface area contributed by atoms with Crippen LogP contribution in [0.15, 0.2) is 24.3 Å². The molecule has 0 radical (unpaired) electrons. The number of benzene rings is 1. The summed E-state index contributed by atoms with van der Waals surface area (Å²) in [4.78, 5) is 14.6. The first kappa shape index (κ1) is 12.9. The SMILES string of the molecule is O=C(N1CC[C@@H](O)C1)C1(c2ccc(Cl)cc2)CCC1. The fourth-order valence-corrected chi connectivity index (χ4v) is 3.28. The molecule has 1 amide bonds. The first-order valence-electron chi connectivity index (χ1n) is 6.85. The Morgan fingerprint density at radius 2 is 2.00 bits per heavy atom. The number of likely N-dealkylation sites (tertiary alicyclic amines) is 1. The van der Waals surface area contributed by atoms with Crippen molar-refractivity contribution in [2.24, 2.45) is 0 Å². The largest absolute Gasteiger partial charge is 0.391 e. The van der Waals surface area contributed by atoms with E-state index in [1.165, 1.54) is 0 Å². The zero-order valence-electron chi connectivity index (χ0n) is 10.8. The Hall–Kier alpha value is -1.06. The van der Waals surface area contributed by atoms with E-state index in [1.807, 2.05) is 29.2 Å². The summed E-state index contributed by atoms with van der Waals surface area (Å²) in [6.07, 6.45) is 3.24. The third-order valence-corrected chi connectivity index (χ3v) is 4.72. The summed E-state index contributed by atoms with van der Waals surface area (Å²) in [6, 6.07) is 7.63. The molecule has 102 valence electrons. The second-order valence-electron chi connectivity index (χ2n) is 5.64. The van der Waals surface area contributed by atoms with Gasteiger partial charge in [-0.25, -0.2) is 0 Å². The summed E-state index contributed by atoms with van der Waals surface area (Å²) < 4.78 is 0. The number of hydrogen-bond donors (Lipinski definition) is 1. The molecule has 19 heavy (non-hydrogen) atoms. The standard InChI is InChI=1S/C15H18ClNO2/c16-12-4-2-11(3-5-12)15(7-1-8-15)14(19)17-9-6-13(18)10-17/h2-5,13,18H,1,6-10H2/t13-/m1/s1. The van der Waals surface area contributed by atoms with Gasteiger partial charge in [0.15, 0.2) is 0 Å². The molecule has 1 aromatic rings. The molecule has 0 aromatic heterocycles. The molecule has 1 aromatic carbocycles. The van der Waals surface area contributed by atoms with Crippen LogP contribution in [-0.4, -0.2) is 35.1 Å². The highest BCUT2D eigenvalue weighted by Crippen LogP contribution is 2.45. The highest BCUT2D eigenvalue weighted by Gasteiger charge is 2.48. The van der Waals surface area contributed by atoms with Crippen LogP contribution in [0.2, 0.25) is 5.02 Å². The van der Waals surface area contributed by atoms with Crippen molar-refractivity contribution >= 4 is 17.5 Å². The van der Waals surface area contributed by atoms with Gasteiger partial charge in [0.2, 0.25) is 5.91 Å². The van der Waals surface area contributed by atoms with Crippen molar-refractivity contribution in [2.75, 3.05) is 13.1 Å². The van der Waals surface area contributed by atoms with Crippen LogP contribution in [0, 0.1) is 0 Å². The predicted octanol–water partition coefficient (Wildman–Crippen LogP) is 2.35. The number of halogens is 1. The number of aliphatic hydroxyl groups excluding tert-OH is 1. The zero-order chi connectivity index (χ0) is 13.5. The average molecular weight is 280 g/mol. The van der Waals surface area contributed by atoms with Gasteiger partial charge in [0, 0.05) is 18.1 Å². The number of rotatable bonds is 2. The van der Waals surface area contributed by atoms with Gasteiger partial charge >= 0.3 is 0 Å². The molecule has 1 aliphatic heterocycles. The lowest BCUT2D eigenvalue weighted by Crippen LogP contribution is -2.50. The normalized spacial score (nSPS) is 25.2. The number of β-amino-alcohol motifs (C(OH)–C–C–N with tert-alkyl or cyclic N) is 1. The van der Waals surface area contributed by atoms with Gasteiger partial charge in [-0.1, -0.05) is 30.2 Å². The minimum Gasteiger partial charge on any atom is -0.391 e. The smallest absolute Gasteiger partial charge is 0.233 e. The lowest BCUT2D eigenvalue weighted by atomic mass is 9.63. The predicted molar refractivity (Wildman–Crippen MR) is 74.2 cm³/mol. The summed E-state index contributed by atoms with van der Waals surface area (Å²) in [7, 11) is 0. The highest BCUT2D eigenvalue weighted by atomic mass is 35.5. The van der Waals surface area contributed by atoms with Crippen molar-refractivity contribution in [2.45, 2.75) is 37.2 Å². The Kier molecular flexibility index (Phi) is 3.27. The topological polar surface area (TPSA) is 40.5 Å². The third-order valence-electron chi connectivity index (χ3n) is 4.46. The van der Waals surface area contributed by atoms with E-state index in [1.54, 1.807) is 0 Å². The van der Waals surface area contributed by atoms with E-state index in [-0.39, 0.29) is 17.4 Å². The lowest BCUT2D eigenvalue weighted by molar-refractivity contribution is -0.140. The van der Waals surface area contributed by atoms with E-state index in [0.29, 0.717) is 24.5 Å². The van der Waals surface area contributed by atoms with Crippen molar-refractivity contribution in [3.05, 3.63) is 34.9 Å². The maximum Gasteiger partial charge on any atom is 0.233 e. The summed E-state index contributed by atoms with van der Waals surface area (Å²) in [6.45, 7) is 1.16. The molecular formula is C15H18ClNO2. The van der Waals surface area contributed by atoms with E-state index < -0.39 is 0 Å². The van der Waals surface area contributed by atoms with Crippen molar-refractivity contribution in [3.63, 3.8) is 0 Å². The average Bonchev–Trinajstić information content (AvgIpc) is 2.77. The van der Waals surface area contributed by atoms with Gasteiger partial charge < -0.3 is 10.0 Å². The second kappa shape index (κ2) is 4.80. The fraction of sp³-hybridized carbons (Fsp3) is 0.533. The quantitative estimate of drug-likeness (QED) is 0.903. The zero-order valence-corrected chi connectivity index (χ0v) is 11.6. The maximum atomic E-state index is 12.8. The van der Waals surface area contributed by atoms with Gasteiger partial charge in [-0.15, -0.1) is 0 Å². The highest BCUT2D eigenvalue weighted by molar-refractivity contribution is 6.30. The molecule has 4 heteroatoms. The van der Waals surface area contributed by atoms with Crippen molar-refractivity contribution in [1.29, 1.82) is 0 Å². The van der Waals surface area contributed by atoms with Crippen LogP contribution in [-0.2, 0) is 10.2 Å². The number of nitrogens with zero attached hydrogens (tertiary/aromatic N) is 1. The number of aliphatic hydroxyl groups is 1. The molecule has 0 bridgehead atoms. The molecule has 1 saturated heterocycles. The van der Waals surface area contributed by atoms with Gasteiger partial charge in [0.1, 0.15) is 0 Å². The van der Waals surface area contributed by atoms with Gasteiger partial charge in [-0.3, -0.25) is 4.79 Å². The van der Waals surface area contributed by atoms with Crippen LogP contribution in [0.1, 0.15) is 31.2 Å². The molecule has 1 N–H and O–H groups in total. The summed E-state index contributed by atoms with van der Waals surface area (Å²) in [5.74, 6) is 0.178. The van der Waals surface area contributed by atoms with Gasteiger partial charge in [-0.05, 0) is 37.0 Å². The summed E-state index contributed by atoms with van der Waals surface area (Å²) in [5, 5.41) is 10.3. The second-order valence-corrected chi connectivity index (χ2v) is 6.07. The van der Waals surface area contributed by atoms with Crippen LogP contribution >= 0.6 is 11.6 Å². The number of hydrogen-bond acceptors (Lipinski definition) is 2. The molecular weight excluding hydrogens is 262 g/mol. The minimum atomic E-state index is -0.366. The number of carbonyl (C=O) groups is 1. The Morgan fingerprint density at radius 1 is 1.32 bits per heavy atom. The molecule has 3 nitrogen and oxygen atoms in total. The van der Waals surface area contributed by atoms with Crippen molar-refractivity contribution < 1.29 is 9.90 Å². The molecule has 1 aliphatic carbocycles. The monoisotopic (exact) mass is 279 g/mol. The van der Waals surface area contributed by atoms with Crippen LogP contribution in [0.4, 0.5) is 0 Å². The van der Waals surface area contributed by atoms with E-state index in [0.717, 1.165) is 24.8 Å². The Morgan fingerprint density at radius 3 is 2.47 bits per heavy atom. The van der Waals surface area contributed by atoms with Crippen molar-refractivity contribution in [1.82, 2.24) is 4.90 Å². The summed E-state index contributed by atoms with van der Waals surface area (Å²) in [5.41, 5.74) is 0.698. The fourth-order valence-electron chi connectivity index (χ4n) is 3.15. The molecule has 1 atom stereocenters. The van der Waals surface area contributed by atoms with E-state index in [9.17, 15) is 9.90 Å². The number of carbonyl (C=O) groups excluding carboxylic acids is 1. The third kappa shape index (κ3) is 2.15. The minimum absolute atomic E-state index is 0.178. The first-order valence-corrected chi connectivity index (χ1v) is 7.23. The van der Waals surface area contributed by atoms with Crippen molar-refractivity contribution in [3.8, 4) is 0 Å². The van der Waals surface area contributed by atoms with E-state index in [4.69, 9.17) is 11.6 Å². The van der Waals surface area contributed by atoms with Gasteiger partial charge in [0.05, 0.1) is 11.5 Å². The molecule has 0 spiro atoms. The van der Waals surface area contributed by atoms with Crippen LogP contribution in [0.25, 0.3) is 0 Å². The Bertz CT molecular complexity index is 481. The maximum absolute atomic E-state index is 12.8. The number of amides is 1. The van der Waals surface area contributed by atoms with Crippen LogP contribution < -0.4 is 0 Å². The molecule has 2 fully saturated rings. The van der Waals surface area contributed by atoms with Gasteiger partial charge in [0.25, 0.3) is 0 Å². The summed E-state index contributed by atoms with van der Waals surface area (Å²) >= 11 is 5.92. The van der Waals surface area contributed by atoms with E-state index >= 15 is 0 Å². The molecule has 1 heterocycles. The first-order chi connectivity index (χ1) is 9.12. The molecule has 0 unspecified atom stereocenters. The lowest BCUT2D eigenvalue weighted by Gasteiger charge is -2.43. The van der Waals surface area contributed by atoms with Crippen LogP contribution in [0.3, 0.4) is 0 Å². The Balaban J connectivity index is 1.86. The molecule has 3 rings (SSSR count). The molecule has 1 saturated carbocycles. The Labute approximate surface area is 118 Å². The van der Waals surface area contributed by atoms with Gasteiger partial charge in [-0.2, -0.15) is 0 Å². The molecule has 2 aliphatic rings.